The average Bonchev–Trinajstić information content (AvgIpc) is 3.21. The molecule has 0 radical (unpaired) electrons. The molecule has 1 aromatic carbocycles. The fraction of sp³-hybridized carbons (Fsp3) is 0.444. The van der Waals surface area contributed by atoms with Crippen LogP contribution in [0, 0.1) is 19.3 Å². The normalized spacial score (nSPS) is 14.9. The van der Waals surface area contributed by atoms with Gasteiger partial charge >= 0.3 is 0 Å². The van der Waals surface area contributed by atoms with Crippen molar-refractivity contribution in [3.63, 3.8) is 0 Å². The summed E-state index contributed by atoms with van der Waals surface area (Å²) in [7, 11) is 0. The number of benzene rings is 1. The van der Waals surface area contributed by atoms with Crippen LogP contribution < -0.4 is 5.73 Å². The third-order valence-electron chi connectivity index (χ3n) is 6.74. The molecule has 0 saturated carbocycles. The van der Waals surface area contributed by atoms with Crippen molar-refractivity contribution in [1.29, 1.82) is 0 Å². The Morgan fingerprint density at radius 3 is 2.56 bits per heavy atom. The second-order valence-corrected chi connectivity index (χ2v) is 9.94. The number of aryl methyl sites for hydroxylation is 3. The number of hydrogen-bond acceptors (Lipinski definition) is 5. The average molecular weight is 431 g/mol. The summed E-state index contributed by atoms with van der Waals surface area (Å²) < 4.78 is 5.76. The van der Waals surface area contributed by atoms with E-state index in [0.717, 1.165) is 49.7 Å². The van der Waals surface area contributed by atoms with Gasteiger partial charge in [0.05, 0.1) is 5.56 Å². The number of nitrogens with two attached hydrogens (primary N) is 1. The van der Waals surface area contributed by atoms with E-state index in [1.54, 1.807) is 0 Å². The van der Waals surface area contributed by atoms with E-state index in [1.165, 1.54) is 33.5 Å². The molecule has 5 nitrogen and oxygen atoms in total. The number of pyridine rings is 1. The molecule has 2 heterocycles. The first-order chi connectivity index (χ1) is 15.2. The first kappa shape index (κ1) is 22.3. The first-order valence-corrected chi connectivity index (χ1v) is 11.6. The molecule has 3 aromatic rings. The molecule has 0 bridgehead atoms. The fourth-order valence-electron chi connectivity index (χ4n) is 4.90. The van der Waals surface area contributed by atoms with Crippen molar-refractivity contribution in [1.82, 2.24) is 15.1 Å². The van der Waals surface area contributed by atoms with E-state index >= 15 is 0 Å². The summed E-state index contributed by atoms with van der Waals surface area (Å²) in [4.78, 5) is 9.55. The lowest BCUT2D eigenvalue weighted by molar-refractivity contribution is 0.313. The van der Waals surface area contributed by atoms with Crippen LogP contribution in [-0.2, 0) is 25.7 Å². The van der Waals surface area contributed by atoms with Crippen molar-refractivity contribution in [2.45, 2.75) is 73.1 Å². The summed E-state index contributed by atoms with van der Waals surface area (Å²) in [6.07, 6.45) is 7.75. The Morgan fingerprint density at radius 1 is 1.19 bits per heavy atom. The highest BCUT2D eigenvalue weighted by molar-refractivity contribution is 5.65. The predicted octanol–water partition coefficient (Wildman–Crippen LogP) is 5.90. The third-order valence-corrected chi connectivity index (χ3v) is 6.74. The molecule has 168 valence electrons. The summed E-state index contributed by atoms with van der Waals surface area (Å²) in [6.45, 7) is 14.9. The quantitative estimate of drug-likeness (QED) is 0.527. The molecule has 32 heavy (non-hydrogen) atoms. The predicted molar refractivity (Wildman–Crippen MR) is 129 cm³/mol. The van der Waals surface area contributed by atoms with Gasteiger partial charge in [0.1, 0.15) is 0 Å². The Kier molecular flexibility index (Phi) is 5.93. The van der Waals surface area contributed by atoms with E-state index in [1.807, 2.05) is 6.20 Å². The first-order valence-electron chi connectivity index (χ1n) is 11.6. The van der Waals surface area contributed by atoms with Gasteiger partial charge in [-0.3, -0.25) is 4.98 Å². The summed E-state index contributed by atoms with van der Waals surface area (Å²) in [5.74, 6) is 1.18. The minimum Gasteiger partial charge on any atom is -0.403 e. The monoisotopic (exact) mass is 430 g/mol. The molecular formula is C27H34N4O. The largest absolute Gasteiger partial charge is 0.403 e. The molecule has 0 amide bonds. The van der Waals surface area contributed by atoms with Gasteiger partial charge in [-0.25, -0.2) is 0 Å². The Bertz CT molecular complexity index is 1150. The summed E-state index contributed by atoms with van der Waals surface area (Å²) >= 11 is 0. The Balaban J connectivity index is 1.69. The number of rotatable bonds is 6. The van der Waals surface area contributed by atoms with Gasteiger partial charge in [-0.05, 0) is 97.7 Å². The standard InChI is InChI=1S/C27H34N4O/c1-7-24-22-14-27(5,6)11-10-21(22)23(15-29-24)26-30-25(31-32-26)19-12-16(2)20(17(3)13-19)9-8-18(4)28/h12-13,15H,4,7-11,14,28H2,1-3,5-6H3. The fourth-order valence-corrected chi connectivity index (χ4v) is 4.90. The van der Waals surface area contributed by atoms with Crippen molar-refractivity contribution in [2.75, 3.05) is 0 Å². The molecule has 0 atom stereocenters. The van der Waals surface area contributed by atoms with E-state index in [9.17, 15) is 0 Å². The van der Waals surface area contributed by atoms with Gasteiger partial charge in [-0.15, -0.1) is 0 Å². The molecule has 1 aliphatic rings. The lowest BCUT2D eigenvalue weighted by Gasteiger charge is -2.33. The van der Waals surface area contributed by atoms with Gasteiger partial charge in [0.2, 0.25) is 5.82 Å². The minimum atomic E-state index is 0.296. The van der Waals surface area contributed by atoms with E-state index in [-0.39, 0.29) is 0 Å². The summed E-state index contributed by atoms with van der Waals surface area (Å²) in [5.41, 5.74) is 16.4. The Morgan fingerprint density at radius 2 is 1.91 bits per heavy atom. The molecule has 0 aliphatic heterocycles. The molecule has 0 saturated heterocycles. The zero-order valence-electron chi connectivity index (χ0n) is 20.0. The van der Waals surface area contributed by atoms with Crippen LogP contribution in [0.25, 0.3) is 22.8 Å². The number of nitrogens with zero attached hydrogens (tertiary/aromatic N) is 3. The van der Waals surface area contributed by atoms with Crippen molar-refractivity contribution < 1.29 is 4.52 Å². The van der Waals surface area contributed by atoms with Gasteiger partial charge in [-0.1, -0.05) is 32.5 Å². The lowest BCUT2D eigenvalue weighted by Crippen LogP contribution is -2.24. The highest BCUT2D eigenvalue weighted by Crippen LogP contribution is 2.40. The number of hydrogen-bond donors (Lipinski definition) is 1. The maximum Gasteiger partial charge on any atom is 0.260 e. The van der Waals surface area contributed by atoms with Gasteiger partial charge in [-0.2, -0.15) is 4.98 Å². The number of fused-ring (bicyclic) bond motifs is 1. The number of aromatic nitrogens is 3. The number of allylic oxidation sites excluding steroid dienone is 1. The maximum atomic E-state index is 5.77. The molecule has 2 N–H and O–H groups in total. The molecule has 1 aliphatic carbocycles. The zero-order chi connectivity index (χ0) is 23.0. The van der Waals surface area contributed by atoms with E-state index < -0.39 is 0 Å². The second-order valence-electron chi connectivity index (χ2n) is 9.94. The molecule has 4 rings (SSSR count). The SMILES string of the molecule is C=C(N)CCc1c(C)cc(-c2noc(-c3cnc(CC)c4c3CCC(C)(C)C4)n2)cc1C. The Labute approximate surface area is 191 Å². The lowest BCUT2D eigenvalue weighted by atomic mass is 9.73. The van der Waals surface area contributed by atoms with Crippen LogP contribution in [0.2, 0.25) is 0 Å². The zero-order valence-corrected chi connectivity index (χ0v) is 20.0. The van der Waals surface area contributed by atoms with Crippen LogP contribution in [0.3, 0.4) is 0 Å². The molecule has 0 spiro atoms. The van der Waals surface area contributed by atoms with Crippen molar-refractivity contribution >= 4 is 0 Å². The highest BCUT2D eigenvalue weighted by Gasteiger charge is 2.30. The molecule has 5 heteroatoms. The molecule has 2 aromatic heterocycles. The van der Waals surface area contributed by atoms with Crippen molar-refractivity contribution in [2.24, 2.45) is 11.1 Å². The third kappa shape index (κ3) is 4.34. The highest BCUT2D eigenvalue weighted by atomic mass is 16.5. The van der Waals surface area contributed by atoms with E-state index in [0.29, 0.717) is 22.8 Å². The summed E-state index contributed by atoms with van der Waals surface area (Å²) in [6, 6.07) is 4.26. The molecule has 0 unspecified atom stereocenters. The van der Waals surface area contributed by atoms with Gasteiger partial charge < -0.3 is 10.3 Å². The van der Waals surface area contributed by atoms with Gasteiger partial charge in [0.15, 0.2) is 0 Å². The minimum absolute atomic E-state index is 0.296. The topological polar surface area (TPSA) is 77.8 Å². The van der Waals surface area contributed by atoms with Crippen LogP contribution >= 0.6 is 0 Å². The van der Waals surface area contributed by atoms with Crippen LogP contribution in [0.15, 0.2) is 35.1 Å². The maximum absolute atomic E-state index is 5.77. The van der Waals surface area contributed by atoms with Gasteiger partial charge in [0.25, 0.3) is 5.89 Å². The van der Waals surface area contributed by atoms with E-state index in [4.69, 9.17) is 20.2 Å². The van der Waals surface area contributed by atoms with Crippen LogP contribution in [0.5, 0.6) is 0 Å². The summed E-state index contributed by atoms with van der Waals surface area (Å²) in [5, 5.41) is 4.32. The van der Waals surface area contributed by atoms with Crippen molar-refractivity contribution in [3.05, 3.63) is 64.1 Å². The van der Waals surface area contributed by atoms with Crippen LogP contribution in [0.1, 0.15) is 67.1 Å². The van der Waals surface area contributed by atoms with Crippen LogP contribution in [0.4, 0.5) is 0 Å². The van der Waals surface area contributed by atoms with Crippen molar-refractivity contribution in [3.8, 4) is 22.8 Å². The molecular weight excluding hydrogens is 396 g/mol. The Hall–Kier alpha value is -2.95. The molecule has 0 fully saturated rings. The van der Waals surface area contributed by atoms with Crippen LogP contribution in [-0.4, -0.2) is 15.1 Å². The van der Waals surface area contributed by atoms with E-state index in [2.05, 4.69) is 58.5 Å². The smallest absolute Gasteiger partial charge is 0.260 e. The van der Waals surface area contributed by atoms with Gasteiger partial charge in [0, 0.05) is 23.2 Å². The second kappa shape index (κ2) is 8.53.